The molecule has 0 saturated heterocycles. The number of aryl methyl sites for hydroxylation is 1. The van der Waals surface area contributed by atoms with Gasteiger partial charge in [-0.3, -0.25) is 4.79 Å². The van der Waals surface area contributed by atoms with Crippen LogP contribution >= 0.6 is 0 Å². The molecular formula is C15H18F3NO4. The van der Waals surface area contributed by atoms with Crippen molar-refractivity contribution >= 4 is 11.9 Å². The van der Waals surface area contributed by atoms with E-state index in [1.54, 1.807) is 6.92 Å². The van der Waals surface area contributed by atoms with Gasteiger partial charge in [-0.25, -0.2) is 4.79 Å². The Morgan fingerprint density at radius 2 is 2.09 bits per heavy atom. The zero-order valence-electron chi connectivity index (χ0n) is 12.6. The molecule has 2 atom stereocenters. The summed E-state index contributed by atoms with van der Waals surface area (Å²) in [4.78, 5) is 23.1. The molecule has 2 unspecified atom stereocenters. The second-order valence-electron chi connectivity index (χ2n) is 5.68. The quantitative estimate of drug-likeness (QED) is 0.885. The lowest BCUT2D eigenvalue weighted by atomic mass is 9.85. The first-order valence-electron chi connectivity index (χ1n) is 7.46. The van der Waals surface area contributed by atoms with Crippen molar-refractivity contribution in [1.29, 1.82) is 0 Å². The number of furan rings is 1. The Kier molecular flexibility index (Phi) is 5.01. The SMILES string of the molecule is CCc1oc(C(=O)NC2CCCC(C(F)(F)F)C2)cc1C(=O)O. The maximum Gasteiger partial charge on any atom is 0.391 e. The Morgan fingerprint density at radius 1 is 1.39 bits per heavy atom. The Morgan fingerprint density at radius 3 is 2.61 bits per heavy atom. The highest BCUT2D eigenvalue weighted by atomic mass is 19.4. The summed E-state index contributed by atoms with van der Waals surface area (Å²) >= 11 is 0. The molecule has 23 heavy (non-hydrogen) atoms. The summed E-state index contributed by atoms with van der Waals surface area (Å²) in [7, 11) is 0. The van der Waals surface area contributed by atoms with Gasteiger partial charge in [0.2, 0.25) is 0 Å². The lowest BCUT2D eigenvalue weighted by Crippen LogP contribution is -2.41. The van der Waals surface area contributed by atoms with Gasteiger partial charge in [0.25, 0.3) is 5.91 Å². The predicted molar refractivity (Wildman–Crippen MR) is 74.3 cm³/mol. The molecule has 1 aliphatic rings. The minimum Gasteiger partial charge on any atom is -0.478 e. The van der Waals surface area contributed by atoms with Crippen LogP contribution in [0.15, 0.2) is 10.5 Å². The zero-order chi connectivity index (χ0) is 17.2. The van der Waals surface area contributed by atoms with E-state index >= 15 is 0 Å². The molecule has 8 heteroatoms. The molecule has 1 saturated carbocycles. The summed E-state index contributed by atoms with van der Waals surface area (Å²) in [5.41, 5.74) is -0.102. The van der Waals surface area contributed by atoms with Crippen LogP contribution in [0.1, 0.15) is 59.3 Å². The average molecular weight is 333 g/mol. The predicted octanol–water partition coefficient (Wildman–Crippen LogP) is 3.39. The highest BCUT2D eigenvalue weighted by Crippen LogP contribution is 2.37. The number of carboxylic acids is 1. The van der Waals surface area contributed by atoms with Gasteiger partial charge in [0.1, 0.15) is 11.3 Å². The van der Waals surface area contributed by atoms with Gasteiger partial charge in [-0.15, -0.1) is 0 Å². The van der Waals surface area contributed by atoms with Crippen molar-refractivity contribution in [2.75, 3.05) is 0 Å². The van der Waals surface area contributed by atoms with Crippen LogP contribution in [0, 0.1) is 5.92 Å². The number of carbonyl (C=O) groups excluding carboxylic acids is 1. The summed E-state index contributed by atoms with van der Waals surface area (Å²) < 4.78 is 43.5. The molecule has 0 spiro atoms. The maximum atomic E-state index is 12.8. The molecule has 1 heterocycles. The number of amides is 1. The van der Waals surface area contributed by atoms with Crippen LogP contribution in [0.2, 0.25) is 0 Å². The Hall–Kier alpha value is -1.99. The number of hydrogen-bond donors (Lipinski definition) is 2. The van der Waals surface area contributed by atoms with Crippen molar-refractivity contribution in [1.82, 2.24) is 5.32 Å². The molecule has 1 fully saturated rings. The lowest BCUT2D eigenvalue weighted by Gasteiger charge is -2.30. The molecular weight excluding hydrogens is 315 g/mol. The highest BCUT2D eigenvalue weighted by molar-refractivity contribution is 5.96. The highest BCUT2D eigenvalue weighted by Gasteiger charge is 2.42. The van der Waals surface area contributed by atoms with Gasteiger partial charge >= 0.3 is 12.1 Å². The normalized spacial score (nSPS) is 21.9. The standard InChI is InChI=1S/C15H18F3NO4/c1-2-11-10(14(21)22)7-12(23-11)13(20)19-9-5-3-4-8(6-9)15(16,17)18/h7-9H,2-6H2,1H3,(H,19,20)(H,21,22). The van der Waals surface area contributed by atoms with E-state index in [0.717, 1.165) is 6.07 Å². The summed E-state index contributed by atoms with van der Waals surface area (Å²) in [6.45, 7) is 1.68. The van der Waals surface area contributed by atoms with Crippen molar-refractivity contribution < 1.29 is 32.3 Å². The fraction of sp³-hybridized carbons (Fsp3) is 0.600. The van der Waals surface area contributed by atoms with Gasteiger partial charge in [-0.1, -0.05) is 13.3 Å². The van der Waals surface area contributed by atoms with Crippen LogP contribution in [0.25, 0.3) is 0 Å². The molecule has 0 aromatic carbocycles. The molecule has 5 nitrogen and oxygen atoms in total. The topological polar surface area (TPSA) is 79.5 Å². The second-order valence-corrected chi connectivity index (χ2v) is 5.68. The Balaban J connectivity index is 2.06. The lowest BCUT2D eigenvalue weighted by molar-refractivity contribution is -0.183. The number of halogens is 3. The van der Waals surface area contributed by atoms with E-state index in [2.05, 4.69) is 5.32 Å². The first kappa shape index (κ1) is 17.4. The number of aromatic carboxylic acids is 1. The first-order valence-corrected chi connectivity index (χ1v) is 7.46. The molecule has 2 N–H and O–H groups in total. The van der Waals surface area contributed by atoms with Gasteiger partial charge in [-0.05, 0) is 19.3 Å². The maximum absolute atomic E-state index is 12.8. The molecule has 128 valence electrons. The van der Waals surface area contributed by atoms with Crippen molar-refractivity contribution in [3.05, 3.63) is 23.2 Å². The number of hydrogen-bond acceptors (Lipinski definition) is 3. The largest absolute Gasteiger partial charge is 0.478 e. The number of carbonyl (C=O) groups is 2. The Labute approximate surface area is 130 Å². The number of carboxylic acid groups (broad SMARTS) is 1. The van der Waals surface area contributed by atoms with E-state index in [1.807, 2.05) is 0 Å². The van der Waals surface area contributed by atoms with Gasteiger partial charge in [0, 0.05) is 18.5 Å². The monoisotopic (exact) mass is 333 g/mol. The molecule has 1 aromatic rings. The third-order valence-corrected chi connectivity index (χ3v) is 4.06. The van der Waals surface area contributed by atoms with E-state index < -0.39 is 30.0 Å². The fourth-order valence-electron chi connectivity index (χ4n) is 2.86. The van der Waals surface area contributed by atoms with Crippen molar-refractivity contribution in [3.8, 4) is 0 Å². The number of rotatable bonds is 4. The summed E-state index contributed by atoms with van der Waals surface area (Å²) in [6, 6.07) is 0.520. The number of nitrogens with one attached hydrogen (secondary N) is 1. The third kappa shape index (κ3) is 4.05. The molecule has 0 aliphatic heterocycles. The summed E-state index contributed by atoms with van der Waals surface area (Å²) in [6.07, 6.45) is -3.21. The molecule has 1 aliphatic carbocycles. The van der Waals surface area contributed by atoms with Crippen LogP contribution < -0.4 is 5.32 Å². The van der Waals surface area contributed by atoms with Crippen LogP contribution in [0.5, 0.6) is 0 Å². The van der Waals surface area contributed by atoms with E-state index in [4.69, 9.17) is 9.52 Å². The van der Waals surface area contributed by atoms with Crippen LogP contribution in [0.4, 0.5) is 13.2 Å². The summed E-state index contributed by atoms with van der Waals surface area (Å²) in [5, 5.41) is 11.5. The first-order chi connectivity index (χ1) is 10.7. The Bertz CT molecular complexity index is 594. The van der Waals surface area contributed by atoms with Crippen LogP contribution in [-0.2, 0) is 6.42 Å². The van der Waals surface area contributed by atoms with Gasteiger partial charge in [0.05, 0.1) is 5.92 Å². The van der Waals surface area contributed by atoms with Gasteiger partial charge in [0.15, 0.2) is 5.76 Å². The average Bonchev–Trinajstić information content (AvgIpc) is 2.91. The minimum atomic E-state index is -4.26. The minimum absolute atomic E-state index is 0.0692. The molecule has 1 aromatic heterocycles. The summed E-state index contributed by atoms with van der Waals surface area (Å²) in [5.74, 6) is -3.33. The van der Waals surface area contributed by atoms with Crippen molar-refractivity contribution in [3.63, 3.8) is 0 Å². The zero-order valence-corrected chi connectivity index (χ0v) is 12.6. The van der Waals surface area contributed by atoms with Gasteiger partial charge < -0.3 is 14.8 Å². The van der Waals surface area contributed by atoms with Gasteiger partial charge in [-0.2, -0.15) is 13.2 Å². The third-order valence-electron chi connectivity index (χ3n) is 4.06. The van der Waals surface area contributed by atoms with E-state index in [1.165, 1.54) is 0 Å². The van der Waals surface area contributed by atoms with E-state index in [0.29, 0.717) is 19.3 Å². The van der Waals surface area contributed by atoms with Crippen molar-refractivity contribution in [2.45, 2.75) is 51.2 Å². The fourth-order valence-corrected chi connectivity index (χ4v) is 2.86. The van der Waals surface area contributed by atoms with E-state index in [-0.39, 0.29) is 29.9 Å². The number of alkyl halides is 3. The molecule has 1 amide bonds. The second kappa shape index (κ2) is 6.64. The van der Waals surface area contributed by atoms with Crippen molar-refractivity contribution in [2.24, 2.45) is 5.92 Å². The van der Waals surface area contributed by atoms with Crippen LogP contribution in [0.3, 0.4) is 0 Å². The molecule has 0 bridgehead atoms. The van der Waals surface area contributed by atoms with E-state index in [9.17, 15) is 22.8 Å². The molecule has 2 rings (SSSR count). The smallest absolute Gasteiger partial charge is 0.391 e. The van der Waals surface area contributed by atoms with Crippen LogP contribution in [-0.4, -0.2) is 29.2 Å². The molecule has 0 radical (unpaired) electrons.